The van der Waals surface area contributed by atoms with Gasteiger partial charge in [-0.05, 0) is 26.1 Å². The SMILES string of the molecule is CN1CCCN(C(CN)c2ccncn2)CC1. The van der Waals surface area contributed by atoms with Crippen LogP contribution in [-0.2, 0) is 0 Å². The summed E-state index contributed by atoms with van der Waals surface area (Å²) < 4.78 is 0. The molecule has 1 aromatic heterocycles. The molecule has 1 aliphatic rings. The second-order valence-corrected chi connectivity index (χ2v) is 4.58. The Bertz CT molecular complexity index is 329. The molecular weight excluding hydrogens is 214 g/mol. The van der Waals surface area contributed by atoms with Gasteiger partial charge in [-0.1, -0.05) is 0 Å². The standard InChI is InChI=1S/C12H21N5/c1-16-5-2-6-17(8-7-16)12(9-13)11-3-4-14-10-15-11/h3-4,10,12H,2,5-9,13H2,1H3. The molecule has 0 radical (unpaired) electrons. The topological polar surface area (TPSA) is 58.3 Å². The van der Waals surface area contributed by atoms with Gasteiger partial charge in [0.15, 0.2) is 0 Å². The van der Waals surface area contributed by atoms with E-state index in [2.05, 4.69) is 26.8 Å². The molecule has 1 unspecified atom stereocenters. The quantitative estimate of drug-likeness (QED) is 0.806. The average Bonchev–Trinajstić information content (AvgIpc) is 2.57. The third-order valence-electron chi connectivity index (χ3n) is 3.36. The highest BCUT2D eigenvalue weighted by Gasteiger charge is 2.22. The van der Waals surface area contributed by atoms with Crippen LogP contribution in [0.2, 0.25) is 0 Å². The van der Waals surface area contributed by atoms with Crippen molar-refractivity contribution in [2.45, 2.75) is 12.5 Å². The van der Waals surface area contributed by atoms with E-state index >= 15 is 0 Å². The van der Waals surface area contributed by atoms with E-state index in [0.717, 1.165) is 31.9 Å². The Kier molecular flexibility index (Phi) is 4.42. The van der Waals surface area contributed by atoms with Gasteiger partial charge in [0.1, 0.15) is 6.33 Å². The largest absolute Gasteiger partial charge is 0.329 e. The minimum absolute atomic E-state index is 0.226. The van der Waals surface area contributed by atoms with E-state index in [1.807, 2.05) is 6.07 Å². The average molecular weight is 235 g/mol. The van der Waals surface area contributed by atoms with Crippen molar-refractivity contribution in [3.05, 3.63) is 24.3 Å². The summed E-state index contributed by atoms with van der Waals surface area (Å²) in [5, 5.41) is 0. The maximum atomic E-state index is 5.91. The lowest BCUT2D eigenvalue weighted by atomic mass is 10.1. The zero-order valence-electron chi connectivity index (χ0n) is 10.4. The van der Waals surface area contributed by atoms with E-state index in [1.54, 1.807) is 12.5 Å². The Morgan fingerprint density at radius 2 is 2.24 bits per heavy atom. The molecule has 1 saturated heterocycles. The Labute approximate surface area is 103 Å². The van der Waals surface area contributed by atoms with Crippen LogP contribution in [0.5, 0.6) is 0 Å². The van der Waals surface area contributed by atoms with Gasteiger partial charge in [0.2, 0.25) is 0 Å². The van der Waals surface area contributed by atoms with Crippen LogP contribution in [0.15, 0.2) is 18.6 Å². The zero-order valence-corrected chi connectivity index (χ0v) is 10.4. The molecular formula is C12H21N5. The van der Waals surface area contributed by atoms with Crippen molar-refractivity contribution in [3.63, 3.8) is 0 Å². The number of likely N-dealkylation sites (N-methyl/N-ethyl adjacent to an activating group) is 1. The second-order valence-electron chi connectivity index (χ2n) is 4.58. The molecule has 94 valence electrons. The Morgan fingerprint density at radius 3 is 2.94 bits per heavy atom. The van der Waals surface area contributed by atoms with Crippen LogP contribution in [0, 0.1) is 0 Å². The highest BCUT2D eigenvalue weighted by atomic mass is 15.2. The number of hydrogen-bond donors (Lipinski definition) is 1. The summed E-state index contributed by atoms with van der Waals surface area (Å²) in [5.41, 5.74) is 6.94. The fraction of sp³-hybridized carbons (Fsp3) is 0.667. The molecule has 2 heterocycles. The van der Waals surface area contributed by atoms with E-state index in [-0.39, 0.29) is 6.04 Å². The summed E-state index contributed by atoms with van der Waals surface area (Å²) in [6, 6.07) is 2.19. The Morgan fingerprint density at radius 1 is 1.35 bits per heavy atom. The molecule has 1 aromatic rings. The molecule has 0 spiro atoms. The lowest BCUT2D eigenvalue weighted by Gasteiger charge is -2.28. The van der Waals surface area contributed by atoms with Crippen LogP contribution >= 0.6 is 0 Å². The molecule has 1 aliphatic heterocycles. The molecule has 0 saturated carbocycles. The first-order valence-corrected chi connectivity index (χ1v) is 6.20. The van der Waals surface area contributed by atoms with Crippen LogP contribution in [-0.4, -0.2) is 59.5 Å². The Balaban J connectivity index is 2.07. The minimum atomic E-state index is 0.226. The summed E-state index contributed by atoms with van der Waals surface area (Å²) >= 11 is 0. The lowest BCUT2D eigenvalue weighted by molar-refractivity contribution is 0.204. The smallest absolute Gasteiger partial charge is 0.115 e. The molecule has 17 heavy (non-hydrogen) atoms. The van der Waals surface area contributed by atoms with Crippen molar-refractivity contribution in [3.8, 4) is 0 Å². The predicted molar refractivity (Wildman–Crippen MR) is 67.5 cm³/mol. The number of aromatic nitrogens is 2. The summed E-state index contributed by atoms with van der Waals surface area (Å²) in [6.07, 6.45) is 4.58. The lowest BCUT2D eigenvalue weighted by Crippen LogP contribution is -2.37. The molecule has 5 heteroatoms. The van der Waals surface area contributed by atoms with Crippen LogP contribution < -0.4 is 5.73 Å². The van der Waals surface area contributed by atoms with Crippen molar-refractivity contribution < 1.29 is 0 Å². The van der Waals surface area contributed by atoms with Crippen molar-refractivity contribution in [1.82, 2.24) is 19.8 Å². The van der Waals surface area contributed by atoms with Crippen molar-refractivity contribution in [2.24, 2.45) is 5.73 Å². The van der Waals surface area contributed by atoms with Gasteiger partial charge in [-0.3, -0.25) is 4.90 Å². The molecule has 0 aromatic carbocycles. The fourth-order valence-corrected chi connectivity index (χ4v) is 2.33. The van der Waals surface area contributed by atoms with Gasteiger partial charge in [-0.25, -0.2) is 9.97 Å². The van der Waals surface area contributed by atoms with Gasteiger partial charge in [0.25, 0.3) is 0 Å². The van der Waals surface area contributed by atoms with Gasteiger partial charge in [0.05, 0.1) is 11.7 Å². The highest BCUT2D eigenvalue weighted by Crippen LogP contribution is 2.18. The predicted octanol–water partition coefficient (Wildman–Crippen LogP) is 0.114. The third-order valence-corrected chi connectivity index (χ3v) is 3.36. The van der Waals surface area contributed by atoms with Gasteiger partial charge in [-0.15, -0.1) is 0 Å². The monoisotopic (exact) mass is 235 g/mol. The van der Waals surface area contributed by atoms with Gasteiger partial charge in [0, 0.05) is 32.4 Å². The summed E-state index contributed by atoms with van der Waals surface area (Å²) in [7, 11) is 2.17. The maximum Gasteiger partial charge on any atom is 0.115 e. The molecule has 5 nitrogen and oxygen atoms in total. The maximum absolute atomic E-state index is 5.91. The first-order chi connectivity index (χ1) is 8.31. The fourth-order valence-electron chi connectivity index (χ4n) is 2.33. The Hall–Kier alpha value is -1.04. The highest BCUT2D eigenvalue weighted by molar-refractivity contribution is 5.06. The normalized spacial score (nSPS) is 21.1. The number of nitrogens with zero attached hydrogens (tertiary/aromatic N) is 4. The molecule has 1 fully saturated rings. The summed E-state index contributed by atoms with van der Waals surface area (Å²) in [4.78, 5) is 13.1. The van der Waals surface area contributed by atoms with Crippen LogP contribution in [0.1, 0.15) is 18.2 Å². The number of nitrogens with two attached hydrogens (primary N) is 1. The number of hydrogen-bond acceptors (Lipinski definition) is 5. The molecule has 0 amide bonds. The van der Waals surface area contributed by atoms with E-state index in [0.29, 0.717) is 6.54 Å². The van der Waals surface area contributed by atoms with E-state index < -0.39 is 0 Å². The summed E-state index contributed by atoms with van der Waals surface area (Å²) in [6.45, 7) is 5.03. The van der Waals surface area contributed by atoms with E-state index in [9.17, 15) is 0 Å². The molecule has 0 bridgehead atoms. The number of rotatable bonds is 3. The van der Waals surface area contributed by atoms with E-state index in [4.69, 9.17) is 5.73 Å². The van der Waals surface area contributed by atoms with Gasteiger partial charge < -0.3 is 10.6 Å². The zero-order chi connectivity index (χ0) is 12.1. The summed E-state index contributed by atoms with van der Waals surface area (Å²) in [5.74, 6) is 0. The molecule has 2 rings (SSSR count). The van der Waals surface area contributed by atoms with Gasteiger partial charge in [-0.2, -0.15) is 0 Å². The van der Waals surface area contributed by atoms with Crippen LogP contribution in [0.25, 0.3) is 0 Å². The first-order valence-electron chi connectivity index (χ1n) is 6.20. The van der Waals surface area contributed by atoms with E-state index in [1.165, 1.54) is 6.42 Å². The van der Waals surface area contributed by atoms with Crippen LogP contribution in [0.4, 0.5) is 0 Å². The molecule has 1 atom stereocenters. The van der Waals surface area contributed by atoms with Crippen molar-refractivity contribution >= 4 is 0 Å². The first kappa shape index (κ1) is 12.4. The van der Waals surface area contributed by atoms with Crippen molar-refractivity contribution in [2.75, 3.05) is 39.8 Å². The minimum Gasteiger partial charge on any atom is -0.329 e. The van der Waals surface area contributed by atoms with Crippen molar-refractivity contribution in [1.29, 1.82) is 0 Å². The molecule has 2 N–H and O–H groups in total. The van der Waals surface area contributed by atoms with Gasteiger partial charge >= 0.3 is 0 Å². The van der Waals surface area contributed by atoms with Crippen LogP contribution in [0.3, 0.4) is 0 Å². The molecule has 0 aliphatic carbocycles. The second kappa shape index (κ2) is 6.05. The third kappa shape index (κ3) is 3.21.